The molecule has 24 heavy (non-hydrogen) atoms. The summed E-state index contributed by atoms with van der Waals surface area (Å²) in [4.78, 5) is 9.17. The highest BCUT2D eigenvalue weighted by atomic mass is 16.5. The van der Waals surface area contributed by atoms with E-state index in [2.05, 4.69) is 20.6 Å². The number of methoxy groups -OCH3 is 2. The van der Waals surface area contributed by atoms with Crippen LogP contribution >= 0.6 is 0 Å². The molecule has 0 aliphatic rings. The van der Waals surface area contributed by atoms with Crippen LogP contribution in [0.4, 0.5) is 17.5 Å². The lowest BCUT2D eigenvalue weighted by Crippen LogP contribution is -2.05. The summed E-state index contributed by atoms with van der Waals surface area (Å²) in [6.07, 6.45) is 0. The van der Waals surface area contributed by atoms with Gasteiger partial charge in [-0.15, -0.1) is 0 Å². The Labute approximate surface area is 140 Å². The minimum atomic E-state index is 0.496. The van der Waals surface area contributed by atoms with E-state index < -0.39 is 0 Å². The molecule has 0 saturated heterocycles. The first-order valence-corrected chi connectivity index (χ1v) is 7.75. The highest BCUT2D eigenvalue weighted by Gasteiger charge is 2.10. The molecule has 0 aliphatic heterocycles. The van der Waals surface area contributed by atoms with Crippen LogP contribution in [0.2, 0.25) is 0 Å². The van der Waals surface area contributed by atoms with Gasteiger partial charge in [-0.3, -0.25) is 0 Å². The average molecular weight is 324 g/mol. The largest absolute Gasteiger partial charge is 0.497 e. The average Bonchev–Trinajstić information content (AvgIpc) is 2.62. The predicted octanol–water partition coefficient (Wildman–Crippen LogP) is 3.82. The lowest BCUT2D eigenvalue weighted by Gasteiger charge is -2.13. The van der Waals surface area contributed by atoms with Crippen molar-refractivity contribution in [1.29, 1.82) is 0 Å². The van der Waals surface area contributed by atoms with E-state index in [9.17, 15) is 0 Å². The maximum Gasteiger partial charge on any atom is 0.229 e. The Morgan fingerprint density at radius 3 is 2.58 bits per heavy atom. The maximum absolute atomic E-state index is 5.39. The molecule has 124 valence electrons. The first-order valence-electron chi connectivity index (χ1n) is 7.75. The number of rotatable bonds is 6. The summed E-state index contributed by atoms with van der Waals surface area (Å²) < 4.78 is 10.7. The van der Waals surface area contributed by atoms with Gasteiger partial charge in [-0.25, -0.2) is 4.98 Å². The maximum atomic E-state index is 5.39. The van der Waals surface area contributed by atoms with Crippen LogP contribution in [0.15, 0.2) is 42.5 Å². The van der Waals surface area contributed by atoms with Crippen LogP contribution in [-0.2, 0) is 0 Å². The molecule has 0 bridgehead atoms. The lowest BCUT2D eigenvalue weighted by atomic mass is 10.2. The zero-order chi connectivity index (χ0) is 16.9. The second kappa shape index (κ2) is 7.04. The van der Waals surface area contributed by atoms with E-state index in [1.165, 1.54) is 0 Å². The molecule has 1 heterocycles. The van der Waals surface area contributed by atoms with Gasteiger partial charge in [0, 0.05) is 18.0 Å². The van der Waals surface area contributed by atoms with Gasteiger partial charge in [0.15, 0.2) is 0 Å². The minimum absolute atomic E-state index is 0.496. The van der Waals surface area contributed by atoms with Crippen molar-refractivity contribution in [3.05, 3.63) is 42.5 Å². The van der Waals surface area contributed by atoms with E-state index >= 15 is 0 Å². The molecule has 0 saturated carbocycles. The van der Waals surface area contributed by atoms with Gasteiger partial charge in [0.25, 0.3) is 0 Å². The summed E-state index contributed by atoms with van der Waals surface area (Å²) in [5.41, 5.74) is 1.61. The molecule has 0 unspecified atom stereocenters. The molecule has 1 aromatic heterocycles. The molecular weight excluding hydrogens is 304 g/mol. The molecule has 2 aromatic carbocycles. The van der Waals surface area contributed by atoms with Gasteiger partial charge >= 0.3 is 0 Å². The fourth-order valence-electron chi connectivity index (χ4n) is 2.47. The molecule has 0 radical (unpaired) electrons. The standard InChI is InChI=1S/C18H20N4O2/c1-4-19-17-13-7-5-6-8-14(13)20-18(22-17)21-15-11-12(23-2)9-10-16(15)24-3/h5-11H,4H2,1-3H3,(H2,19,20,21,22). The Hall–Kier alpha value is -3.02. The third-order valence-electron chi connectivity index (χ3n) is 3.60. The second-order valence-corrected chi connectivity index (χ2v) is 5.13. The summed E-state index contributed by atoms with van der Waals surface area (Å²) in [6.45, 7) is 2.82. The summed E-state index contributed by atoms with van der Waals surface area (Å²) >= 11 is 0. The predicted molar refractivity (Wildman–Crippen MR) is 96.5 cm³/mol. The van der Waals surface area contributed by atoms with Crippen molar-refractivity contribution in [3.63, 3.8) is 0 Å². The first-order chi connectivity index (χ1) is 11.7. The number of benzene rings is 2. The number of aromatic nitrogens is 2. The van der Waals surface area contributed by atoms with Crippen molar-refractivity contribution in [1.82, 2.24) is 9.97 Å². The Morgan fingerprint density at radius 2 is 1.83 bits per heavy atom. The van der Waals surface area contributed by atoms with Crippen LogP contribution in [0.3, 0.4) is 0 Å². The smallest absolute Gasteiger partial charge is 0.229 e. The fourth-order valence-corrected chi connectivity index (χ4v) is 2.47. The van der Waals surface area contributed by atoms with Crippen molar-refractivity contribution >= 4 is 28.4 Å². The van der Waals surface area contributed by atoms with Gasteiger partial charge < -0.3 is 20.1 Å². The van der Waals surface area contributed by atoms with Gasteiger partial charge in [0.1, 0.15) is 17.3 Å². The summed E-state index contributed by atoms with van der Waals surface area (Å²) in [6, 6.07) is 13.4. The van der Waals surface area contributed by atoms with E-state index in [4.69, 9.17) is 9.47 Å². The van der Waals surface area contributed by atoms with E-state index in [0.717, 1.165) is 34.7 Å². The van der Waals surface area contributed by atoms with Crippen molar-refractivity contribution in [2.75, 3.05) is 31.4 Å². The molecular formula is C18H20N4O2. The number of nitrogens with one attached hydrogen (secondary N) is 2. The van der Waals surface area contributed by atoms with E-state index in [0.29, 0.717) is 11.7 Å². The monoisotopic (exact) mass is 324 g/mol. The molecule has 0 amide bonds. The number of ether oxygens (including phenoxy) is 2. The molecule has 0 atom stereocenters. The topological polar surface area (TPSA) is 68.3 Å². The van der Waals surface area contributed by atoms with Crippen molar-refractivity contribution in [3.8, 4) is 11.5 Å². The molecule has 0 fully saturated rings. The molecule has 0 aliphatic carbocycles. The second-order valence-electron chi connectivity index (χ2n) is 5.13. The Kier molecular flexibility index (Phi) is 4.65. The fraction of sp³-hybridized carbons (Fsp3) is 0.222. The van der Waals surface area contributed by atoms with Gasteiger partial charge in [-0.1, -0.05) is 12.1 Å². The van der Waals surface area contributed by atoms with E-state index in [-0.39, 0.29) is 0 Å². The van der Waals surface area contributed by atoms with Gasteiger partial charge in [0.2, 0.25) is 5.95 Å². The molecule has 2 N–H and O–H groups in total. The summed E-state index contributed by atoms with van der Waals surface area (Å²) in [5.74, 6) is 2.72. The van der Waals surface area contributed by atoms with Crippen molar-refractivity contribution < 1.29 is 9.47 Å². The highest BCUT2D eigenvalue weighted by molar-refractivity contribution is 5.90. The van der Waals surface area contributed by atoms with Crippen LogP contribution in [0.5, 0.6) is 11.5 Å². The van der Waals surface area contributed by atoms with Crippen LogP contribution in [0.1, 0.15) is 6.92 Å². The summed E-state index contributed by atoms with van der Waals surface area (Å²) in [7, 11) is 3.25. The lowest BCUT2D eigenvalue weighted by molar-refractivity contribution is 0.405. The van der Waals surface area contributed by atoms with Crippen molar-refractivity contribution in [2.24, 2.45) is 0 Å². The minimum Gasteiger partial charge on any atom is -0.497 e. The van der Waals surface area contributed by atoms with Crippen LogP contribution in [-0.4, -0.2) is 30.7 Å². The number of fused-ring (bicyclic) bond motifs is 1. The zero-order valence-electron chi connectivity index (χ0n) is 14.0. The van der Waals surface area contributed by atoms with Gasteiger partial charge in [-0.05, 0) is 31.2 Å². The van der Waals surface area contributed by atoms with Gasteiger partial charge in [0.05, 0.1) is 25.4 Å². The third-order valence-corrected chi connectivity index (χ3v) is 3.60. The van der Waals surface area contributed by atoms with Crippen LogP contribution in [0, 0.1) is 0 Å². The molecule has 3 aromatic rings. The quantitative estimate of drug-likeness (QED) is 0.718. The molecule has 6 heteroatoms. The Bertz CT molecular complexity index is 852. The highest BCUT2D eigenvalue weighted by Crippen LogP contribution is 2.31. The molecule has 3 rings (SSSR count). The Balaban J connectivity index is 2.04. The van der Waals surface area contributed by atoms with Gasteiger partial charge in [-0.2, -0.15) is 4.98 Å². The first kappa shape index (κ1) is 15.9. The number of anilines is 3. The normalized spacial score (nSPS) is 10.5. The number of hydrogen-bond acceptors (Lipinski definition) is 6. The van der Waals surface area contributed by atoms with Crippen LogP contribution in [0.25, 0.3) is 10.9 Å². The zero-order valence-corrected chi connectivity index (χ0v) is 14.0. The number of nitrogens with zero attached hydrogens (tertiary/aromatic N) is 2. The van der Waals surface area contributed by atoms with Crippen LogP contribution < -0.4 is 20.1 Å². The third kappa shape index (κ3) is 3.17. The van der Waals surface area contributed by atoms with E-state index in [1.807, 2.05) is 49.4 Å². The number of para-hydroxylation sites is 1. The Morgan fingerprint density at radius 1 is 1.00 bits per heavy atom. The number of hydrogen-bond donors (Lipinski definition) is 2. The molecule has 6 nitrogen and oxygen atoms in total. The molecule has 0 spiro atoms. The van der Waals surface area contributed by atoms with E-state index in [1.54, 1.807) is 14.2 Å². The summed E-state index contributed by atoms with van der Waals surface area (Å²) in [5, 5.41) is 7.49. The SMILES string of the molecule is CCNc1nc(Nc2cc(OC)ccc2OC)nc2ccccc12. The van der Waals surface area contributed by atoms with Crippen molar-refractivity contribution in [2.45, 2.75) is 6.92 Å².